The Morgan fingerprint density at radius 2 is 2.21 bits per heavy atom. The molecule has 2 N–H and O–H groups in total. The summed E-state index contributed by atoms with van der Waals surface area (Å²) in [6.07, 6.45) is 4.59. The molecule has 1 saturated carbocycles. The number of aromatic nitrogens is 1. The molecule has 124 valence electrons. The Morgan fingerprint density at radius 3 is 2.83 bits per heavy atom. The van der Waals surface area contributed by atoms with Crippen LogP contribution < -0.4 is 5.32 Å². The SMILES string of the molecule is C/C=C(\C)c1cccc(CNc2ccc(C3CC3C(=O)O)nc2)c1. The van der Waals surface area contributed by atoms with Crippen LogP contribution in [-0.2, 0) is 11.3 Å². The predicted octanol–water partition coefficient (Wildman–Crippen LogP) is 4.31. The van der Waals surface area contributed by atoms with Crippen LogP contribution in [0.3, 0.4) is 0 Å². The first-order chi connectivity index (χ1) is 11.6. The number of nitrogens with zero attached hydrogens (tertiary/aromatic N) is 1. The highest BCUT2D eigenvalue weighted by Crippen LogP contribution is 2.46. The van der Waals surface area contributed by atoms with Crippen LogP contribution in [0.2, 0.25) is 0 Å². The van der Waals surface area contributed by atoms with Crippen molar-refractivity contribution in [1.29, 1.82) is 0 Å². The average Bonchev–Trinajstić information content (AvgIpc) is 3.41. The highest BCUT2D eigenvalue weighted by atomic mass is 16.4. The van der Waals surface area contributed by atoms with E-state index < -0.39 is 5.97 Å². The van der Waals surface area contributed by atoms with Gasteiger partial charge in [0.25, 0.3) is 0 Å². The van der Waals surface area contributed by atoms with E-state index in [1.165, 1.54) is 16.7 Å². The van der Waals surface area contributed by atoms with Gasteiger partial charge in [-0.15, -0.1) is 0 Å². The lowest BCUT2D eigenvalue weighted by Crippen LogP contribution is -2.02. The maximum absolute atomic E-state index is 10.9. The molecule has 2 unspecified atom stereocenters. The molecule has 4 nitrogen and oxygen atoms in total. The number of rotatable bonds is 6. The molecule has 1 aliphatic carbocycles. The highest BCUT2D eigenvalue weighted by Gasteiger charge is 2.45. The summed E-state index contributed by atoms with van der Waals surface area (Å²) in [7, 11) is 0. The minimum atomic E-state index is -0.722. The number of benzene rings is 1. The van der Waals surface area contributed by atoms with E-state index in [1.807, 2.05) is 19.1 Å². The molecule has 0 bridgehead atoms. The monoisotopic (exact) mass is 322 g/mol. The Labute approximate surface area is 142 Å². The van der Waals surface area contributed by atoms with Gasteiger partial charge in [0.2, 0.25) is 0 Å². The fourth-order valence-corrected chi connectivity index (χ4v) is 2.82. The number of pyridine rings is 1. The van der Waals surface area contributed by atoms with Crippen LogP contribution in [0.5, 0.6) is 0 Å². The minimum Gasteiger partial charge on any atom is -0.481 e. The maximum atomic E-state index is 10.9. The highest BCUT2D eigenvalue weighted by molar-refractivity contribution is 5.75. The molecule has 1 aromatic heterocycles. The van der Waals surface area contributed by atoms with Crippen molar-refractivity contribution in [3.05, 3.63) is 65.5 Å². The van der Waals surface area contributed by atoms with Gasteiger partial charge in [-0.1, -0.05) is 24.3 Å². The van der Waals surface area contributed by atoms with E-state index in [9.17, 15) is 4.79 Å². The predicted molar refractivity (Wildman–Crippen MR) is 95.8 cm³/mol. The minimum absolute atomic E-state index is 0.0806. The van der Waals surface area contributed by atoms with Crippen molar-refractivity contribution in [2.24, 2.45) is 5.92 Å². The molecule has 1 fully saturated rings. The molecule has 4 heteroatoms. The van der Waals surface area contributed by atoms with Crippen LogP contribution in [0.15, 0.2) is 48.7 Å². The number of anilines is 1. The number of aliphatic carboxylic acids is 1. The lowest BCUT2D eigenvalue weighted by Gasteiger charge is -2.09. The van der Waals surface area contributed by atoms with Crippen molar-refractivity contribution in [1.82, 2.24) is 4.98 Å². The zero-order valence-corrected chi connectivity index (χ0v) is 14.0. The molecule has 2 aromatic rings. The Hall–Kier alpha value is -2.62. The molecule has 1 aliphatic rings. The third-order valence-electron chi connectivity index (χ3n) is 4.59. The first-order valence-corrected chi connectivity index (χ1v) is 8.23. The van der Waals surface area contributed by atoms with Crippen molar-refractivity contribution in [2.45, 2.75) is 32.7 Å². The number of hydrogen-bond donors (Lipinski definition) is 2. The summed E-state index contributed by atoms with van der Waals surface area (Å²) in [5, 5.41) is 12.4. The summed E-state index contributed by atoms with van der Waals surface area (Å²) >= 11 is 0. The Balaban J connectivity index is 1.60. The normalized spacial score (nSPS) is 19.8. The zero-order valence-electron chi connectivity index (χ0n) is 14.0. The van der Waals surface area contributed by atoms with Crippen molar-refractivity contribution < 1.29 is 9.90 Å². The molecule has 1 aromatic carbocycles. The van der Waals surface area contributed by atoms with Gasteiger partial charge in [0, 0.05) is 18.2 Å². The van der Waals surface area contributed by atoms with E-state index in [2.05, 4.69) is 47.6 Å². The molecule has 0 saturated heterocycles. The molecule has 3 rings (SSSR count). The second kappa shape index (κ2) is 6.87. The number of carboxylic acid groups (broad SMARTS) is 1. The average molecular weight is 322 g/mol. The topological polar surface area (TPSA) is 62.2 Å². The molecule has 24 heavy (non-hydrogen) atoms. The summed E-state index contributed by atoms with van der Waals surface area (Å²) in [6, 6.07) is 12.4. The third-order valence-corrected chi connectivity index (χ3v) is 4.59. The van der Waals surface area contributed by atoms with Gasteiger partial charge < -0.3 is 10.4 Å². The Kier molecular flexibility index (Phi) is 4.65. The molecule has 0 spiro atoms. The fraction of sp³-hybridized carbons (Fsp3) is 0.300. The maximum Gasteiger partial charge on any atom is 0.307 e. The van der Waals surface area contributed by atoms with E-state index in [-0.39, 0.29) is 11.8 Å². The number of allylic oxidation sites excluding steroid dienone is 2. The van der Waals surface area contributed by atoms with Crippen LogP contribution in [0.4, 0.5) is 5.69 Å². The quantitative estimate of drug-likeness (QED) is 0.832. The van der Waals surface area contributed by atoms with Crippen LogP contribution in [-0.4, -0.2) is 16.1 Å². The number of carbonyl (C=O) groups is 1. The molecule has 0 amide bonds. The Bertz CT molecular complexity index is 765. The Morgan fingerprint density at radius 1 is 1.38 bits per heavy atom. The largest absolute Gasteiger partial charge is 0.481 e. The van der Waals surface area contributed by atoms with Gasteiger partial charge in [-0.25, -0.2) is 0 Å². The lowest BCUT2D eigenvalue weighted by atomic mass is 10.0. The second-order valence-corrected chi connectivity index (χ2v) is 6.28. The van der Waals surface area contributed by atoms with Gasteiger partial charge in [0.1, 0.15) is 0 Å². The van der Waals surface area contributed by atoms with Gasteiger partial charge in [-0.3, -0.25) is 9.78 Å². The van der Waals surface area contributed by atoms with Crippen LogP contribution in [0.25, 0.3) is 5.57 Å². The van der Waals surface area contributed by atoms with Crippen molar-refractivity contribution in [3.8, 4) is 0 Å². The summed E-state index contributed by atoms with van der Waals surface area (Å²) in [5.74, 6) is -0.897. The van der Waals surface area contributed by atoms with Crippen molar-refractivity contribution >= 4 is 17.2 Å². The third kappa shape index (κ3) is 3.65. The lowest BCUT2D eigenvalue weighted by molar-refractivity contribution is -0.138. The van der Waals surface area contributed by atoms with Crippen LogP contribution in [0.1, 0.15) is 43.0 Å². The van der Waals surface area contributed by atoms with Gasteiger partial charge in [0.15, 0.2) is 0 Å². The van der Waals surface area contributed by atoms with Crippen LogP contribution >= 0.6 is 0 Å². The fourth-order valence-electron chi connectivity index (χ4n) is 2.82. The van der Waals surface area contributed by atoms with E-state index in [0.29, 0.717) is 6.42 Å². The molecular weight excluding hydrogens is 300 g/mol. The standard InChI is InChI=1S/C20H22N2O2/c1-3-13(2)15-6-4-5-14(9-15)11-21-16-7-8-19(22-12-16)17-10-18(17)20(23)24/h3-9,12,17-18,21H,10-11H2,1-2H3,(H,23,24)/b13-3+. The first kappa shape index (κ1) is 16.2. The summed E-state index contributed by atoms with van der Waals surface area (Å²) in [4.78, 5) is 15.3. The number of carboxylic acids is 1. The van der Waals surface area contributed by atoms with Gasteiger partial charge in [-0.2, -0.15) is 0 Å². The van der Waals surface area contributed by atoms with Gasteiger partial charge in [0.05, 0.1) is 17.8 Å². The van der Waals surface area contributed by atoms with Crippen LogP contribution in [0, 0.1) is 5.92 Å². The number of nitrogens with one attached hydrogen (secondary N) is 1. The summed E-state index contributed by atoms with van der Waals surface area (Å²) in [5.41, 5.74) is 5.53. The van der Waals surface area contributed by atoms with E-state index >= 15 is 0 Å². The van der Waals surface area contributed by atoms with Crippen molar-refractivity contribution in [3.63, 3.8) is 0 Å². The van der Waals surface area contributed by atoms with E-state index in [0.717, 1.165) is 17.9 Å². The zero-order chi connectivity index (χ0) is 17.1. The first-order valence-electron chi connectivity index (χ1n) is 8.23. The molecular formula is C20H22N2O2. The summed E-state index contributed by atoms with van der Waals surface area (Å²) < 4.78 is 0. The summed E-state index contributed by atoms with van der Waals surface area (Å²) in [6.45, 7) is 4.88. The molecule has 1 heterocycles. The van der Waals surface area contributed by atoms with Gasteiger partial charge >= 0.3 is 5.97 Å². The second-order valence-electron chi connectivity index (χ2n) is 6.28. The number of hydrogen-bond acceptors (Lipinski definition) is 3. The van der Waals surface area contributed by atoms with Crippen molar-refractivity contribution in [2.75, 3.05) is 5.32 Å². The van der Waals surface area contributed by atoms with Gasteiger partial charge in [-0.05, 0) is 55.2 Å². The van der Waals surface area contributed by atoms with E-state index in [4.69, 9.17) is 5.11 Å². The molecule has 0 radical (unpaired) electrons. The molecule has 2 atom stereocenters. The smallest absolute Gasteiger partial charge is 0.307 e. The molecule has 0 aliphatic heterocycles. The van der Waals surface area contributed by atoms with E-state index in [1.54, 1.807) is 6.20 Å².